The number of rotatable bonds is 10. The maximum Gasteiger partial charge on any atom is 0.573 e. The minimum atomic E-state index is -4.75. The first kappa shape index (κ1) is 31.8. The molecule has 0 spiro atoms. The molecule has 3 amide bonds. The van der Waals surface area contributed by atoms with Crippen molar-refractivity contribution < 1.29 is 27.5 Å². The van der Waals surface area contributed by atoms with Gasteiger partial charge in [-0.3, -0.25) is 9.69 Å². The number of nitrogens with zero attached hydrogens (tertiary/aromatic N) is 5. The number of urea groups is 1. The number of aromatic nitrogens is 3. The smallest absolute Gasteiger partial charge is 0.406 e. The summed E-state index contributed by atoms with van der Waals surface area (Å²) in [6.07, 6.45) is -0.945. The first-order chi connectivity index (χ1) is 21.6. The van der Waals surface area contributed by atoms with Crippen LogP contribution in [-0.4, -0.2) is 50.5 Å². The zero-order chi connectivity index (χ0) is 32.0. The Hall–Kier alpha value is -4.65. The molecule has 1 aliphatic rings. The Bertz CT molecular complexity index is 1690. The van der Waals surface area contributed by atoms with Gasteiger partial charge in [0, 0.05) is 12.1 Å². The number of hydrogen-bond acceptors (Lipinski definition) is 6. The van der Waals surface area contributed by atoms with Gasteiger partial charge in [-0.25, -0.2) is 14.5 Å². The van der Waals surface area contributed by atoms with Gasteiger partial charge in [-0.2, -0.15) is 4.99 Å². The van der Waals surface area contributed by atoms with Crippen molar-refractivity contribution in [2.24, 2.45) is 4.99 Å². The van der Waals surface area contributed by atoms with Crippen molar-refractivity contribution in [1.82, 2.24) is 20.1 Å². The first-order valence-electron chi connectivity index (χ1n) is 14.4. The molecular formula is C32H31F3N6O3S. The highest BCUT2D eigenvalue weighted by atomic mass is 32.2. The zero-order valence-corrected chi connectivity index (χ0v) is 25.4. The number of amidine groups is 1. The van der Waals surface area contributed by atoms with E-state index in [0.717, 1.165) is 41.6 Å². The molecule has 0 radical (unpaired) electrons. The summed E-state index contributed by atoms with van der Waals surface area (Å²) in [6, 6.07) is 20.3. The van der Waals surface area contributed by atoms with E-state index in [2.05, 4.69) is 39.0 Å². The fraction of sp³-hybridized carbons (Fsp3) is 0.281. The molecular weight excluding hydrogens is 605 g/mol. The second-order valence-electron chi connectivity index (χ2n) is 10.6. The number of carbonyl (C=O) groups is 2. The lowest BCUT2D eigenvalue weighted by atomic mass is 10.0. The molecule has 0 aliphatic carbocycles. The maximum absolute atomic E-state index is 12.7. The lowest BCUT2D eigenvalue weighted by Crippen LogP contribution is -2.32. The van der Waals surface area contributed by atoms with Crippen LogP contribution >= 0.6 is 11.8 Å². The molecule has 1 N–H and O–H groups in total. The minimum absolute atomic E-state index is 0.0996. The third-order valence-electron chi connectivity index (χ3n) is 6.94. The van der Waals surface area contributed by atoms with Crippen molar-refractivity contribution in [2.45, 2.75) is 45.4 Å². The van der Waals surface area contributed by atoms with E-state index < -0.39 is 12.4 Å². The van der Waals surface area contributed by atoms with E-state index in [1.54, 1.807) is 0 Å². The number of hydrogen-bond donors (Lipinski definition) is 1. The molecule has 4 aromatic rings. The number of alkyl halides is 3. The molecule has 0 bridgehead atoms. The van der Waals surface area contributed by atoms with E-state index in [9.17, 15) is 22.8 Å². The summed E-state index contributed by atoms with van der Waals surface area (Å²) in [4.78, 5) is 35.3. The van der Waals surface area contributed by atoms with Crippen LogP contribution in [0.3, 0.4) is 0 Å². The van der Waals surface area contributed by atoms with Crippen LogP contribution in [0.5, 0.6) is 5.75 Å². The monoisotopic (exact) mass is 636 g/mol. The molecule has 0 unspecified atom stereocenters. The molecule has 1 aliphatic heterocycles. The number of halogens is 3. The Morgan fingerprint density at radius 2 is 1.84 bits per heavy atom. The third kappa shape index (κ3) is 8.29. The maximum atomic E-state index is 12.7. The van der Waals surface area contributed by atoms with E-state index in [4.69, 9.17) is 0 Å². The van der Waals surface area contributed by atoms with Gasteiger partial charge in [0.1, 0.15) is 12.1 Å². The molecule has 9 nitrogen and oxygen atoms in total. The van der Waals surface area contributed by atoms with Gasteiger partial charge in [0.25, 0.3) is 0 Å². The van der Waals surface area contributed by atoms with Crippen LogP contribution < -0.4 is 15.0 Å². The standard InChI is InChI=1S/C32H31F3N6O3S/c1-21(2)26-11-3-4-12-27(26)41-28(42)19-45-31(41)38-30(43)36-17-6-5-8-22-9-7-10-23(18-22)29-37-20-40(39-29)24-13-15-25(16-14-24)44-32(33,34)35/h3-4,7,9-16,18,20-21H,5-6,8,17,19H2,1-2H3,(H,36,43). The number of ether oxygens (including phenoxy) is 1. The van der Waals surface area contributed by atoms with Gasteiger partial charge >= 0.3 is 12.4 Å². The Morgan fingerprint density at radius 1 is 1.07 bits per heavy atom. The summed E-state index contributed by atoms with van der Waals surface area (Å²) in [7, 11) is 0. The van der Waals surface area contributed by atoms with Crippen LogP contribution in [0.15, 0.2) is 84.1 Å². The largest absolute Gasteiger partial charge is 0.573 e. The minimum Gasteiger partial charge on any atom is -0.406 e. The summed E-state index contributed by atoms with van der Waals surface area (Å²) >= 11 is 1.26. The third-order valence-corrected chi connectivity index (χ3v) is 7.87. The summed E-state index contributed by atoms with van der Waals surface area (Å²) in [5, 5.41) is 7.67. The fourth-order valence-electron chi connectivity index (χ4n) is 4.82. The number of aryl methyl sites for hydroxylation is 1. The van der Waals surface area contributed by atoms with E-state index in [1.165, 1.54) is 51.9 Å². The van der Waals surface area contributed by atoms with Gasteiger partial charge in [-0.1, -0.05) is 62.0 Å². The summed E-state index contributed by atoms with van der Waals surface area (Å²) in [6.45, 7) is 4.56. The van der Waals surface area contributed by atoms with Crippen LogP contribution in [0.1, 0.15) is 43.7 Å². The van der Waals surface area contributed by atoms with E-state index >= 15 is 0 Å². The first-order valence-corrected chi connectivity index (χ1v) is 15.3. The number of amides is 3. The quantitative estimate of drug-likeness (QED) is 0.186. The molecule has 2 heterocycles. The van der Waals surface area contributed by atoms with E-state index in [-0.39, 0.29) is 23.3 Å². The SMILES string of the molecule is CC(C)c1ccccc1N1C(=O)CSC1=NC(=O)NCCCCc1cccc(-c2ncn(-c3ccc(OC(F)(F)F)cc3)n2)c1. The number of aliphatic imine (C=N–C) groups is 1. The topological polar surface area (TPSA) is 102 Å². The van der Waals surface area contributed by atoms with Crippen molar-refractivity contribution in [2.75, 3.05) is 17.2 Å². The van der Waals surface area contributed by atoms with E-state index in [0.29, 0.717) is 23.2 Å². The number of carbonyl (C=O) groups excluding carboxylic acids is 2. The van der Waals surface area contributed by atoms with E-state index in [1.807, 2.05) is 48.5 Å². The highest BCUT2D eigenvalue weighted by molar-refractivity contribution is 8.15. The Kier molecular flexibility index (Phi) is 9.87. The van der Waals surface area contributed by atoms with Gasteiger partial charge in [0.05, 0.1) is 17.1 Å². The van der Waals surface area contributed by atoms with Crippen LogP contribution in [0.25, 0.3) is 17.1 Å². The number of unbranched alkanes of at least 4 members (excludes halogenated alkanes) is 1. The van der Waals surface area contributed by atoms with Crippen molar-refractivity contribution in [3.8, 4) is 22.8 Å². The van der Waals surface area contributed by atoms with Gasteiger partial charge in [-0.15, -0.1) is 18.3 Å². The molecule has 0 atom stereocenters. The molecule has 0 saturated carbocycles. The number of nitrogens with one attached hydrogen (secondary N) is 1. The van der Waals surface area contributed by atoms with Gasteiger partial charge in [-0.05, 0) is 72.7 Å². The van der Waals surface area contributed by atoms with Crippen molar-refractivity contribution in [3.63, 3.8) is 0 Å². The second kappa shape index (κ2) is 14.0. The van der Waals surface area contributed by atoms with Crippen LogP contribution in [0.4, 0.5) is 23.7 Å². The lowest BCUT2D eigenvalue weighted by Gasteiger charge is -2.21. The predicted molar refractivity (Wildman–Crippen MR) is 168 cm³/mol. The fourth-order valence-corrected chi connectivity index (χ4v) is 5.68. The van der Waals surface area contributed by atoms with Gasteiger partial charge in [0.15, 0.2) is 11.0 Å². The second-order valence-corrected chi connectivity index (χ2v) is 11.5. The average molecular weight is 637 g/mol. The molecule has 3 aromatic carbocycles. The molecule has 5 rings (SSSR count). The highest BCUT2D eigenvalue weighted by Gasteiger charge is 2.32. The molecule has 13 heteroatoms. The number of benzene rings is 3. The molecule has 45 heavy (non-hydrogen) atoms. The number of anilines is 1. The normalized spacial score (nSPS) is 14.4. The van der Waals surface area contributed by atoms with Crippen molar-refractivity contribution in [3.05, 3.63) is 90.3 Å². The zero-order valence-electron chi connectivity index (χ0n) is 24.6. The highest BCUT2D eigenvalue weighted by Crippen LogP contribution is 2.33. The molecule has 234 valence electrons. The van der Waals surface area contributed by atoms with Crippen LogP contribution in [0, 0.1) is 0 Å². The van der Waals surface area contributed by atoms with Crippen molar-refractivity contribution in [1.29, 1.82) is 0 Å². The van der Waals surface area contributed by atoms with Crippen LogP contribution in [-0.2, 0) is 11.2 Å². The molecule has 1 saturated heterocycles. The van der Waals surface area contributed by atoms with Gasteiger partial charge < -0.3 is 10.1 Å². The lowest BCUT2D eigenvalue weighted by molar-refractivity contribution is -0.274. The van der Waals surface area contributed by atoms with Crippen LogP contribution in [0.2, 0.25) is 0 Å². The Morgan fingerprint density at radius 3 is 2.60 bits per heavy atom. The summed E-state index contributed by atoms with van der Waals surface area (Å²) in [5.74, 6) is 0.512. The predicted octanol–water partition coefficient (Wildman–Crippen LogP) is 7.12. The van der Waals surface area contributed by atoms with Gasteiger partial charge in [0.2, 0.25) is 5.91 Å². The Balaban J connectivity index is 1.12. The summed E-state index contributed by atoms with van der Waals surface area (Å²) < 4.78 is 42.7. The van der Waals surface area contributed by atoms with Crippen molar-refractivity contribution >= 4 is 34.6 Å². The average Bonchev–Trinajstić information content (AvgIpc) is 3.64. The summed E-state index contributed by atoms with van der Waals surface area (Å²) in [5.41, 5.74) is 4.19. The molecule has 1 fully saturated rings. The number of thioether (sulfide) groups is 1. The molecule has 1 aromatic heterocycles. The number of para-hydroxylation sites is 1. The Labute approximate surface area is 262 Å².